The Hall–Kier alpha value is -5.59. The van der Waals surface area contributed by atoms with E-state index in [1.54, 1.807) is 61.6 Å². The Morgan fingerprint density at radius 2 is 1.75 bits per heavy atom. The number of ether oxygens (including phenoxy) is 3. The molecule has 6 N–H and O–H groups in total. The molecule has 3 aromatic carbocycles. The number of nitrogens with zero attached hydrogens (tertiary/aromatic N) is 3. The smallest absolute Gasteiger partial charge is 0.295 e. The number of rotatable bonds is 18. The number of hydrogen-bond donors (Lipinski definition) is 6. The van der Waals surface area contributed by atoms with Gasteiger partial charge in [-0.25, -0.2) is 4.98 Å². The Labute approximate surface area is 318 Å². The molecule has 1 saturated heterocycles. The van der Waals surface area contributed by atoms with Crippen molar-refractivity contribution in [2.75, 3.05) is 32.7 Å². The number of hydrogen-bond acceptors (Lipinski definition) is 13. The Morgan fingerprint density at radius 1 is 1.02 bits per heavy atom. The molecular weight excluding hydrogens is 733 g/mol. The van der Waals surface area contributed by atoms with E-state index in [0.29, 0.717) is 73.2 Å². The summed E-state index contributed by atoms with van der Waals surface area (Å²) in [5.74, 6) is 2.01. The van der Waals surface area contributed by atoms with Crippen molar-refractivity contribution in [1.29, 1.82) is 0 Å². The molecule has 3 atom stereocenters. The van der Waals surface area contributed by atoms with Crippen LogP contribution in [-0.2, 0) is 20.3 Å². The number of methoxy groups -OCH3 is 2. The van der Waals surface area contributed by atoms with E-state index in [9.17, 15) is 32.9 Å². The van der Waals surface area contributed by atoms with E-state index in [2.05, 4.69) is 20.8 Å². The van der Waals surface area contributed by atoms with Gasteiger partial charge in [0, 0.05) is 30.9 Å². The molecule has 1 unspecified atom stereocenters. The highest BCUT2D eigenvalue weighted by molar-refractivity contribution is 7.86. The minimum Gasteiger partial charge on any atom is -0.493 e. The van der Waals surface area contributed by atoms with Crippen LogP contribution in [0.5, 0.6) is 23.0 Å². The molecule has 16 nitrogen and oxygen atoms in total. The number of nitrogens with one attached hydrogen (secondary N) is 3. The summed E-state index contributed by atoms with van der Waals surface area (Å²) in [7, 11) is -1.32. The lowest BCUT2D eigenvalue weighted by molar-refractivity contribution is -0.139. The van der Waals surface area contributed by atoms with Crippen LogP contribution in [0.15, 0.2) is 95.1 Å². The van der Waals surface area contributed by atoms with E-state index in [1.807, 2.05) is 24.5 Å². The SMILES string of the molecule is COc1ccc(Oc2ccc([C@]3(C)CCN([C@H](CCCCNC(=O)c4ccc(N/N=C\c5ccccc5S(=O)(=O)O)nc4)C(O)NO)C3=O)cc2)cc1OC. The van der Waals surface area contributed by atoms with Gasteiger partial charge in [-0.1, -0.05) is 30.3 Å². The van der Waals surface area contributed by atoms with Gasteiger partial charge >= 0.3 is 0 Å². The summed E-state index contributed by atoms with van der Waals surface area (Å²) in [5.41, 5.74) is 4.95. The van der Waals surface area contributed by atoms with Gasteiger partial charge in [0.15, 0.2) is 11.5 Å². The first-order valence-corrected chi connectivity index (χ1v) is 18.8. The van der Waals surface area contributed by atoms with Gasteiger partial charge in [-0.3, -0.25) is 19.6 Å². The van der Waals surface area contributed by atoms with Crippen molar-refractivity contribution in [3.63, 3.8) is 0 Å². The second-order valence-corrected chi connectivity index (χ2v) is 14.3. The second-order valence-electron chi connectivity index (χ2n) is 12.9. The van der Waals surface area contributed by atoms with Crippen LogP contribution in [-0.4, -0.2) is 90.8 Å². The fourth-order valence-corrected chi connectivity index (χ4v) is 6.97. The van der Waals surface area contributed by atoms with Crippen LogP contribution < -0.4 is 30.4 Å². The van der Waals surface area contributed by atoms with Gasteiger partial charge in [0.1, 0.15) is 28.4 Å². The van der Waals surface area contributed by atoms with E-state index in [-0.39, 0.29) is 22.3 Å². The number of hydroxylamine groups is 1. The maximum Gasteiger partial charge on any atom is 0.295 e. The van der Waals surface area contributed by atoms with Gasteiger partial charge in [-0.15, -0.1) is 0 Å². The number of anilines is 1. The molecule has 0 spiro atoms. The molecule has 5 rings (SSSR count). The highest BCUT2D eigenvalue weighted by atomic mass is 32.2. The summed E-state index contributed by atoms with van der Waals surface area (Å²) in [5, 5.41) is 27.0. The molecule has 1 aliphatic heterocycles. The van der Waals surface area contributed by atoms with Crippen molar-refractivity contribution in [3.05, 3.63) is 102 Å². The summed E-state index contributed by atoms with van der Waals surface area (Å²) in [6, 6.07) is 20.7. The molecule has 17 heteroatoms. The number of benzene rings is 3. The first kappa shape index (κ1) is 40.6. The monoisotopic (exact) mass is 776 g/mol. The zero-order valence-electron chi connectivity index (χ0n) is 30.5. The highest BCUT2D eigenvalue weighted by Crippen LogP contribution is 2.39. The first-order chi connectivity index (χ1) is 26.4. The van der Waals surface area contributed by atoms with Crippen molar-refractivity contribution in [1.82, 2.24) is 20.7 Å². The summed E-state index contributed by atoms with van der Waals surface area (Å²) >= 11 is 0. The van der Waals surface area contributed by atoms with Crippen LogP contribution in [0.3, 0.4) is 0 Å². The van der Waals surface area contributed by atoms with Crippen LogP contribution in [0.4, 0.5) is 5.82 Å². The van der Waals surface area contributed by atoms with Crippen molar-refractivity contribution < 1.29 is 47.1 Å². The third-order valence-corrected chi connectivity index (χ3v) is 10.3. The number of aliphatic hydroxyl groups excluding tert-OH is 1. The van der Waals surface area contributed by atoms with E-state index < -0.39 is 27.8 Å². The molecule has 2 heterocycles. The minimum absolute atomic E-state index is 0.173. The van der Waals surface area contributed by atoms with Gasteiger partial charge < -0.3 is 34.7 Å². The maximum atomic E-state index is 13.9. The van der Waals surface area contributed by atoms with Crippen molar-refractivity contribution in [2.45, 2.75) is 55.2 Å². The van der Waals surface area contributed by atoms with Crippen molar-refractivity contribution in [3.8, 4) is 23.0 Å². The van der Waals surface area contributed by atoms with Gasteiger partial charge in [-0.2, -0.15) is 19.0 Å². The van der Waals surface area contributed by atoms with E-state index in [0.717, 1.165) is 5.56 Å². The third-order valence-electron chi connectivity index (χ3n) is 9.38. The van der Waals surface area contributed by atoms with Crippen LogP contribution in [0.2, 0.25) is 0 Å². The quantitative estimate of drug-likeness (QED) is 0.0273. The third kappa shape index (κ3) is 9.94. The Morgan fingerprint density at radius 3 is 2.42 bits per heavy atom. The first-order valence-electron chi connectivity index (χ1n) is 17.4. The number of carbonyl (C=O) groups is 2. The zero-order valence-corrected chi connectivity index (χ0v) is 31.3. The summed E-state index contributed by atoms with van der Waals surface area (Å²) in [4.78, 5) is 32.1. The highest BCUT2D eigenvalue weighted by Gasteiger charge is 2.47. The molecule has 1 aliphatic rings. The molecule has 0 saturated carbocycles. The molecule has 4 aromatic rings. The van der Waals surface area contributed by atoms with E-state index >= 15 is 0 Å². The lowest BCUT2D eigenvalue weighted by Gasteiger charge is -2.33. The number of pyridine rings is 1. The van der Waals surface area contributed by atoms with Gasteiger partial charge in [-0.05, 0) is 80.6 Å². The van der Waals surface area contributed by atoms with Crippen LogP contribution >= 0.6 is 0 Å². The van der Waals surface area contributed by atoms with Crippen molar-refractivity contribution in [2.24, 2.45) is 5.10 Å². The Bertz CT molecular complexity index is 2080. The molecule has 55 heavy (non-hydrogen) atoms. The fraction of sp³-hybridized carbons (Fsp3) is 0.316. The number of hydrazone groups is 1. The summed E-state index contributed by atoms with van der Waals surface area (Å²) < 4.78 is 49.1. The standard InChI is InChI=1S/C38H44N6O10S/c1-38(27-12-14-28(15-13-27)54-29-16-17-31(52-2)32(22-29)53-3)19-21-44(37(38)47)30(36(46)43-48)9-6-7-20-39-35(45)26-11-18-34(40-23-26)42-41-24-25-8-4-5-10-33(25)55(49,50)51/h4-5,8,10-18,22-24,30,36,43,46,48H,6-7,9,19-21H2,1-3H3,(H,39,45)(H,40,42)(H,49,50,51)/b41-24-/t30-,36?,38+/m1/s1. The normalized spacial score (nSPS) is 16.8. The van der Waals surface area contributed by atoms with Gasteiger partial charge in [0.25, 0.3) is 16.0 Å². The summed E-state index contributed by atoms with van der Waals surface area (Å²) in [6.07, 6.45) is 3.14. The molecular formula is C38H44N6O10S. The lowest BCUT2D eigenvalue weighted by atomic mass is 9.81. The molecule has 0 aliphatic carbocycles. The van der Waals surface area contributed by atoms with Crippen LogP contribution in [0.1, 0.15) is 54.1 Å². The average Bonchev–Trinajstić information content (AvgIpc) is 3.49. The number of amides is 2. The number of aliphatic hydroxyl groups is 1. The number of unbranched alkanes of at least 4 members (excludes halogenated alkanes) is 1. The molecule has 1 aromatic heterocycles. The maximum absolute atomic E-state index is 13.9. The average molecular weight is 777 g/mol. The second kappa shape index (κ2) is 18.2. The molecule has 0 radical (unpaired) electrons. The fourth-order valence-electron chi connectivity index (χ4n) is 6.30. The summed E-state index contributed by atoms with van der Waals surface area (Å²) in [6.45, 7) is 2.55. The molecule has 292 valence electrons. The minimum atomic E-state index is -4.42. The van der Waals surface area contributed by atoms with Gasteiger partial charge in [0.05, 0.1) is 37.5 Å². The predicted octanol–water partition coefficient (Wildman–Crippen LogP) is 4.34. The van der Waals surface area contributed by atoms with Gasteiger partial charge in [0.2, 0.25) is 5.91 Å². The Kier molecular flexibility index (Phi) is 13.4. The molecule has 1 fully saturated rings. The van der Waals surface area contributed by atoms with E-state index in [1.165, 1.54) is 36.7 Å². The number of aromatic nitrogens is 1. The van der Waals surface area contributed by atoms with Crippen LogP contribution in [0, 0.1) is 0 Å². The zero-order chi connectivity index (χ0) is 39.6. The lowest BCUT2D eigenvalue weighted by Crippen LogP contribution is -2.51. The van der Waals surface area contributed by atoms with Crippen LogP contribution in [0.25, 0.3) is 0 Å². The Balaban J connectivity index is 1.10. The molecule has 2 amide bonds. The number of carbonyl (C=O) groups excluding carboxylic acids is 2. The van der Waals surface area contributed by atoms with E-state index in [4.69, 9.17) is 14.2 Å². The largest absolute Gasteiger partial charge is 0.493 e. The van der Waals surface area contributed by atoms with Crippen molar-refractivity contribution >= 4 is 34.0 Å². The number of likely N-dealkylation sites (tertiary alicyclic amines) is 1. The molecule has 0 bridgehead atoms. The topological polar surface area (TPSA) is 221 Å². The predicted molar refractivity (Wildman–Crippen MR) is 202 cm³/mol.